The first-order chi connectivity index (χ1) is 13.8. The van der Waals surface area contributed by atoms with E-state index in [1.807, 2.05) is 0 Å². The number of halogens is 3. The summed E-state index contributed by atoms with van der Waals surface area (Å²) in [7, 11) is 0. The number of alkyl halides is 3. The molecule has 158 valence electrons. The van der Waals surface area contributed by atoms with Gasteiger partial charge in [-0.15, -0.1) is 0 Å². The van der Waals surface area contributed by atoms with Crippen LogP contribution in [-0.4, -0.2) is 31.1 Å². The summed E-state index contributed by atoms with van der Waals surface area (Å²) in [6.07, 6.45) is -4.07. The number of carbonyl (C=O) groups excluding carboxylic acids is 1. The van der Waals surface area contributed by atoms with Crippen molar-refractivity contribution >= 4 is 5.97 Å². The fourth-order valence-corrected chi connectivity index (χ4v) is 2.64. The smallest absolute Gasteiger partial charge is 0.346 e. The van der Waals surface area contributed by atoms with Gasteiger partial charge in [0, 0.05) is 0 Å². The van der Waals surface area contributed by atoms with Gasteiger partial charge in [0.1, 0.15) is 24.3 Å². The molecular weight excluding hydrogens is 381 g/mol. The molecule has 3 atom stereocenters. The van der Waals surface area contributed by atoms with Crippen LogP contribution in [0.4, 0.5) is 13.2 Å². The fraction of sp³-hybridized carbons (Fsp3) is 0.435. The van der Waals surface area contributed by atoms with E-state index in [-0.39, 0.29) is 18.8 Å². The molecule has 0 spiro atoms. The van der Waals surface area contributed by atoms with Crippen molar-refractivity contribution in [2.45, 2.75) is 52.1 Å². The molecule has 0 fully saturated rings. The lowest BCUT2D eigenvalue weighted by atomic mass is 10.1. The molecule has 0 aliphatic heterocycles. The molecule has 0 N–H and O–H groups in total. The first kappa shape index (κ1) is 22.8. The van der Waals surface area contributed by atoms with Crippen molar-refractivity contribution in [3.05, 3.63) is 48.5 Å². The zero-order valence-corrected chi connectivity index (χ0v) is 16.9. The molecule has 0 bridgehead atoms. The molecule has 0 aliphatic rings. The third-order valence-electron chi connectivity index (χ3n) is 4.44. The van der Waals surface area contributed by atoms with E-state index < -0.39 is 30.4 Å². The van der Waals surface area contributed by atoms with Gasteiger partial charge in [-0.05, 0) is 47.7 Å². The summed E-state index contributed by atoms with van der Waals surface area (Å²) in [5.74, 6) is -0.635. The molecule has 0 amide bonds. The molecular formula is C23H27F3O3. The average Bonchev–Trinajstić information content (AvgIpc) is 2.72. The summed E-state index contributed by atoms with van der Waals surface area (Å²) >= 11 is 0. The van der Waals surface area contributed by atoms with E-state index in [4.69, 9.17) is 9.47 Å². The maximum Gasteiger partial charge on any atom is 0.346 e. The highest BCUT2D eigenvalue weighted by Gasteiger charge is 2.23. The van der Waals surface area contributed by atoms with E-state index in [0.29, 0.717) is 12.2 Å². The van der Waals surface area contributed by atoms with Crippen LogP contribution in [-0.2, 0) is 4.79 Å². The van der Waals surface area contributed by atoms with Gasteiger partial charge in [0.15, 0.2) is 12.3 Å². The minimum absolute atomic E-state index is 0.179. The number of hydrogen-bond acceptors (Lipinski definition) is 3. The highest BCUT2D eigenvalue weighted by molar-refractivity contribution is 5.77. The number of benzene rings is 2. The van der Waals surface area contributed by atoms with Crippen LogP contribution in [0.3, 0.4) is 0 Å². The molecule has 0 radical (unpaired) electrons. The number of hydrogen-bond donors (Lipinski definition) is 0. The summed E-state index contributed by atoms with van der Waals surface area (Å²) in [5, 5.41) is 0. The van der Waals surface area contributed by atoms with Crippen molar-refractivity contribution in [1.29, 1.82) is 0 Å². The van der Waals surface area contributed by atoms with Crippen molar-refractivity contribution in [3.8, 4) is 22.6 Å². The van der Waals surface area contributed by atoms with Gasteiger partial charge in [-0.1, -0.05) is 51.5 Å². The molecule has 29 heavy (non-hydrogen) atoms. The average molecular weight is 408 g/mol. The van der Waals surface area contributed by atoms with Crippen molar-refractivity contribution in [2.24, 2.45) is 5.92 Å². The number of ether oxygens (including phenoxy) is 2. The van der Waals surface area contributed by atoms with Crippen LogP contribution in [0, 0.1) is 5.92 Å². The van der Waals surface area contributed by atoms with Crippen LogP contribution < -0.4 is 9.47 Å². The quantitative estimate of drug-likeness (QED) is 0.352. The minimum Gasteiger partial charge on any atom is -0.490 e. The second kappa shape index (κ2) is 10.9. The third-order valence-corrected chi connectivity index (χ3v) is 4.44. The van der Waals surface area contributed by atoms with Gasteiger partial charge in [-0.2, -0.15) is 0 Å². The lowest BCUT2D eigenvalue weighted by molar-refractivity contribution is -0.141. The predicted octanol–water partition coefficient (Wildman–Crippen LogP) is 6.11. The summed E-state index contributed by atoms with van der Waals surface area (Å²) in [6.45, 7) is 4.69. The van der Waals surface area contributed by atoms with Gasteiger partial charge in [0.25, 0.3) is 0 Å². The van der Waals surface area contributed by atoms with Crippen LogP contribution in [0.2, 0.25) is 0 Å². The summed E-state index contributed by atoms with van der Waals surface area (Å²) < 4.78 is 51.2. The van der Waals surface area contributed by atoms with Gasteiger partial charge >= 0.3 is 5.97 Å². The molecule has 2 rings (SSSR count). The van der Waals surface area contributed by atoms with Crippen LogP contribution in [0.15, 0.2) is 48.5 Å². The van der Waals surface area contributed by atoms with Gasteiger partial charge in [0.05, 0.1) is 0 Å². The van der Waals surface area contributed by atoms with E-state index in [9.17, 15) is 18.0 Å². The Labute approximate surface area is 169 Å². The molecule has 2 aromatic carbocycles. The van der Waals surface area contributed by atoms with Crippen molar-refractivity contribution in [3.63, 3.8) is 0 Å². The van der Waals surface area contributed by atoms with Crippen molar-refractivity contribution in [1.82, 2.24) is 0 Å². The fourth-order valence-electron chi connectivity index (χ4n) is 2.64. The summed E-state index contributed by atoms with van der Waals surface area (Å²) in [5.41, 5.74) is 1.72. The van der Waals surface area contributed by atoms with E-state index >= 15 is 0 Å². The predicted molar refractivity (Wildman–Crippen MR) is 107 cm³/mol. The van der Waals surface area contributed by atoms with Gasteiger partial charge in [-0.3, -0.25) is 0 Å². The largest absolute Gasteiger partial charge is 0.490 e. The molecule has 0 unspecified atom stereocenters. The second-order valence-corrected chi connectivity index (χ2v) is 7.25. The molecule has 0 aliphatic carbocycles. The zero-order chi connectivity index (χ0) is 21.4. The summed E-state index contributed by atoms with van der Waals surface area (Å²) in [4.78, 5) is 11.7. The molecule has 2 aromatic rings. The molecule has 6 heteroatoms. The standard InChI is InChI=1S/C23H27F3O3/c1-4-5-20(24)21(25)14-28-18-10-6-16(7-11-18)17-8-12-19(13-9-17)29-23(27)22(26)15(2)3/h6-13,15,20-22H,4-5,14H2,1-3H3/t20-,21-,22-/m1/s1. The number of carbonyl (C=O) groups is 1. The molecule has 0 saturated heterocycles. The van der Waals surface area contributed by atoms with E-state index in [0.717, 1.165) is 11.1 Å². The van der Waals surface area contributed by atoms with E-state index in [1.165, 1.54) is 0 Å². The Morgan fingerprint density at radius 2 is 1.38 bits per heavy atom. The van der Waals surface area contributed by atoms with Crippen LogP contribution >= 0.6 is 0 Å². The van der Waals surface area contributed by atoms with E-state index in [1.54, 1.807) is 69.3 Å². The van der Waals surface area contributed by atoms with Crippen LogP contribution in [0.1, 0.15) is 33.6 Å². The maximum absolute atomic E-state index is 13.7. The van der Waals surface area contributed by atoms with E-state index in [2.05, 4.69) is 0 Å². The molecule has 0 aromatic heterocycles. The lowest BCUT2D eigenvalue weighted by Crippen LogP contribution is -2.26. The summed E-state index contributed by atoms with van der Waals surface area (Å²) in [6, 6.07) is 13.6. The number of esters is 1. The SMILES string of the molecule is CCC[C@@H](F)[C@H](F)COc1ccc(-c2ccc(OC(=O)[C@H](F)C(C)C)cc2)cc1. The first-order valence-electron chi connectivity index (χ1n) is 9.79. The maximum atomic E-state index is 13.7. The van der Waals surface area contributed by atoms with Gasteiger partial charge in [-0.25, -0.2) is 18.0 Å². The Kier molecular flexibility index (Phi) is 8.55. The molecule has 3 nitrogen and oxygen atoms in total. The van der Waals surface area contributed by atoms with Crippen LogP contribution in [0.5, 0.6) is 11.5 Å². The Hall–Kier alpha value is -2.50. The first-order valence-corrected chi connectivity index (χ1v) is 9.79. The zero-order valence-electron chi connectivity index (χ0n) is 16.9. The van der Waals surface area contributed by atoms with Crippen molar-refractivity contribution in [2.75, 3.05) is 6.61 Å². The Morgan fingerprint density at radius 3 is 1.86 bits per heavy atom. The topological polar surface area (TPSA) is 35.5 Å². The Bertz CT molecular complexity index is 760. The lowest BCUT2D eigenvalue weighted by Gasteiger charge is -2.14. The Balaban J connectivity index is 1.93. The second-order valence-electron chi connectivity index (χ2n) is 7.25. The minimum atomic E-state index is -1.67. The van der Waals surface area contributed by atoms with Crippen molar-refractivity contribution < 1.29 is 27.4 Å². The highest BCUT2D eigenvalue weighted by Crippen LogP contribution is 2.25. The van der Waals surface area contributed by atoms with Gasteiger partial charge < -0.3 is 9.47 Å². The van der Waals surface area contributed by atoms with Gasteiger partial charge in [0.2, 0.25) is 0 Å². The molecule has 0 heterocycles. The normalized spacial score (nSPS) is 14.3. The Morgan fingerprint density at radius 1 is 0.862 bits per heavy atom. The number of rotatable bonds is 10. The molecule has 0 saturated carbocycles. The third kappa shape index (κ3) is 6.80. The van der Waals surface area contributed by atoms with Crippen LogP contribution in [0.25, 0.3) is 11.1 Å². The monoisotopic (exact) mass is 408 g/mol. The highest BCUT2D eigenvalue weighted by atomic mass is 19.2.